The first-order valence-electron chi connectivity index (χ1n) is 9.06. The van der Waals surface area contributed by atoms with Crippen molar-refractivity contribution >= 4 is 5.91 Å². The van der Waals surface area contributed by atoms with Crippen LogP contribution in [-0.2, 0) is 4.79 Å². The first-order chi connectivity index (χ1) is 12.5. The second-order valence-corrected chi connectivity index (χ2v) is 7.09. The molecule has 2 unspecified atom stereocenters. The van der Waals surface area contributed by atoms with Crippen molar-refractivity contribution in [1.29, 1.82) is 0 Å². The minimum absolute atomic E-state index is 0.0159. The van der Waals surface area contributed by atoms with Gasteiger partial charge in [0.15, 0.2) is 0 Å². The molecule has 3 N–H and O–H groups in total. The quantitative estimate of drug-likeness (QED) is 0.867. The SMILES string of the molecule is CC(NC(=O)C(C)N1C[C@@H](N)[C@H](c2ccccc2)C1)c1ccc(F)cc1. The van der Waals surface area contributed by atoms with E-state index in [9.17, 15) is 9.18 Å². The molecule has 5 heteroatoms. The van der Waals surface area contributed by atoms with E-state index in [-0.39, 0.29) is 35.8 Å². The molecule has 0 radical (unpaired) electrons. The second-order valence-electron chi connectivity index (χ2n) is 7.09. The normalized spacial score (nSPS) is 22.8. The number of nitrogens with two attached hydrogens (primary N) is 1. The van der Waals surface area contributed by atoms with Crippen LogP contribution in [0, 0.1) is 5.82 Å². The number of halogens is 1. The molecule has 1 aliphatic heterocycles. The van der Waals surface area contributed by atoms with Gasteiger partial charge in [-0.05, 0) is 37.1 Å². The van der Waals surface area contributed by atoms with Gasteiger partial charge in [-0.1, -0.05) is 42.5 Å². The van der Waals surface area contributed by atoms with Crippen LogP contribution in [0.2, 0.25) is 0 Å². The molecule has 2 aromatic rings. The van der Waals surface area contributed by atoms with Gasteiger partial charge >= 0.3 is 0 Å². The lowest BCUT2D eigenvalue weighted by Gasteiger charge is -2.25. The zero-order valence-electron chi connectivity index (χ0n) is 15.2. The van der Waals surface area contributed by atoms with Gasteiger partial charge in [-0.3, -0.25) is 9.69 Å². The third kappa shape index (κ3) is 4.11. The molecule has 1 heterocycles. The smallest absolute Gasteiger partial charge is 0.237 e. The maximum Gasteiger partial charge on any atom is 0.237 e. The molecule has 0 aliphatic carbocycles. The van der Waals surface area contributed by atoms with Gasteiger partial charge in [0, 0.05) is 25.0 Å². The van der Waals surface area contributed by atoms with Crippen LogP contribution >= 0.6 is 0 Å². The number of rotatable bonds is 5. The molecule has 138 valence electrons. The fraction of sp³-hybridized carbons (Fsp3) is 0.381. The largest absolute Gasteiger partial charge is 0.348 e. The van der Waals surface area contributed by atoms with Crippen LogP contribution in [0.1, 0.15) is 36.9 Å². The fourth-order valence-electron chi connectivity index (χ4n) is 3.56. The summed E-state index contributed by atoms with van der Waals surface area (Å²) in [4.78, 5) is 14.8. The van der Waals surface area contributed by atoms with Gasteiger partial charge in [-0.15, -0.1) is 0 Å². The summed E-state index contributed by atoms with van der Waals surface area (Å²) >= 11 is 0. The number of likely N-dealkylation sites (tertiary alicyclic amines) is 1. The highest BCUT2D eigenvalue weighted by Crippen LogP contribution is 2.27. The molecule has 2 aromatic carbocycles. The van der Waals surface area contributed by atoms with Crippen LogP contribution in [0.4, 0.5) is 4.39 Å². The van der Waals surface area contributed by atoms with E-state index in [1.165, 1.54) is 17.7 Å². The van der Waals surface area contributed by atoms with Gasteiger partial charge in [0.1, 0.15) is 5.82 Å². The van der Waals surface area contributed by atoms with Gasteiger partial charge in [-0.25, -0.2) is 4.39 Å². The Kier molecular flexibility index (Phi) is 5.69. The average Bonchev–Trinajstić information content (AvgIpc) is 3.04. The molecule has 4 atom stereocenters. The predicted molar refractivity (Wildman–Crippen MR) is 101 cm³/mol. The van der Waals surface area contributed by atoms with Crippen molar-refractivity contribution in [3.05, 3.63) is 71.5 Å². The minimum atomic E-state index is -0.279. The van der Waals surface area contributed by atoms with Gasteiger partial charge in [0.25, 0.3) is 0 Å². The Morgan fingerprint density at radius 2 is 1.77 bits per heavy atom. The number of nitrogens with one attached hydrogen (secondary N) is 1. The highest BCUT2D eigenvalue weighted by atomic mass is 19.1. The van der Waals surface area contributed by atoms with E-state index in [2.05, 4.69) is 22.3 Å². The van der Waals surface area contributed by atoms with Crippen molar-refractivity contribution in [1.82, 2.24) is 10.2 Å². The summed E-state index contributed by atoms with van der Waals surface area (Å²) in [6, 6.07) is 16.0. The molecule has 0 bridgehead atoms. The van der Waals surface area contributed by atoms with Crippen LogP contribution in [0.25, 0.3) is 0 Å². The molecule has 0 aromatic heterocycles. The average molecular weight is 355 g/mol. The lowest BCUT2D eigenvalue weighted by Crippen LogP contribution is -2.45. The monoisotopic (exact) mass is 355 g/mol. The van der Waals surface area contributed by atoms with Crippen LogP contribution in [-0.4, -0.2) is 36.0 Å². The fourth-order valence-corrected chi connectivity index (χ4v) is 3.56. The Bertz CT molecular complexity index is 735. The zero-order chi connectivity index (χ0) is 18.7. The topological polar surface area (TPSA) is 58.4 Å². The molecule has 4 nitrogen and oxygen atoms in total. The molecular formula is C21H26FN3O. The van der Waals surface area contributed by atoms with Crippen LogP contribution < -0.4 is 11.1 Å². The van der Waals surface area contributed by atoms with Crippen molar-refractivity contribution in [2.45, 2.75) is 37.9 Å². The first kappa shape index (κ1) is 18.5. The number of carbonyl (C=O) groups is 1. The number of amides is 1. The Morgan fingerprint density at radius 3 is 2.42 bits per heavy atom. The molecule has 1 fully saturated rings. The van der Waals surface area contributed by atoms with Crippen molar-refractivity contribution in [2.75, 3.05) is 13.1 Å². The van der Waals surface area contributed by atoms with E-state index >= 15 is 0 Å². The van der Waals surface area contributed by atoms with Crippen LogP contribution in [0.3, 0.4) is 0 Å². The summed E-state index contributed by atoms with van der Waals surface area (Å²) in [7, 11) is 0. The van der Waals surface area contributed by atoms with E-state index in [0.717, 1.165) is 12.1 Å². The maximum absolute atomic E-state index is 13.1. The van der Waals surface area contributed by atoms with E-state index < -0.39 is 0 Å². The van der Waals surface area contributed by atoms with Crippen LogP contribution in [0.5, 0.6) is 0 Å². The number of benzene rings is 2. The van der Waals surface area contributed by atoms with Crippen LogP contribution in [0.15, 0.2) is 54.6 Å². The molecule has 1 saturated heterocycles. The molecule has 1 aliphatic rings. The van der Waals surface area contributed by atoms with Crippen molar-refractivity contribution in [2.24, 2.45) is 5.73 Å². The zero-order valence-corrected chi connectivity index (χ0v) is 15.2. The number of carbonyl (C=O) groups excluding carboxylic acids is 1. The van der Waals surface area contributed by atoms with E-state index in [1.807, 2.05) is 32.0 Å². The lowest BCUT2D eigenvalue weighted by molar-refractivity contribution is -0.126. The summed E-state index contributed by atoms with van der Waals surface area (Å²) in [6.45, 7) is 5.27. The van der Waals surface area contributed by atoms with E-state index in [0.29, 0.717) is 6.54 Å². The predicted octanol–water partition coefficient (Wildman–Crippen LogP) is 2.82. The highest BCUT2D eigenvalue weighted by molar-refractivity contribution is 5.81. The highest BCUT2D eigenvalue weighted by Gasteiger charge is 2.35. The summed E-state index contributed by atoms with van der Waals surface area (Å²) in [5.41, 5.74) is 8.44. The van der Waals surface area contributed by atoms with Gasteiger partial charge < -0.3 is 11.1 Å². The summed E-state index contributed by atoms with van der Waals surface area (Å²) in [5, 5.41) is 3.02. The lowest BCUT2D eigenvalue weighted by atomic mass is 9.95. The number of nitrogens with zero attached hydrogens (tertiary/aromatic N) is 1. The number of hydrogen-bond acceptors (Lipinski definition) is 3. The Balaban J connectivity index is 1.61. The second kappa shape index (κ2) is 7.98. The van der Waals surface area contributed by atoms with E-state index in [1.54, 1.807) is 12.1 Å². The summed E-state index contributed by atoms with van der Waals surface area (Å²) < 4.78 is 13.1. The van der Waals surface area contributed by atoms with Crippen molar-refractivity contribution < 1.29 is 9.18 Å². The molecule has 3 rings (SSSR count). The molecule has 1 amide bonds. The Hall–Kier alpha value is -2.24. The van der Waals surface area contributed by atoms with Gasteiger partial charge in [0.05, 0.1) is 12.1 Å². The van der Waals surface area contributed by atoms with Crippen molar-refractivity contribution in [3.63, 3.8) is 0 Å². The third-order valence-electron chi connectivity index (χ3n) is 5.28. The standard InChI is InChI=1S/C21H26FN3O/c1-14(16-8-10-18(22)11-9-16)24-21(26)15(2)25-12-19(20(23)13-25)17-6-4-3-5-7-17/h3-11,14-15,19-20H,12-13,23H2,1-2H3,(H,24,26)/t14?,15?,19-,20+/m0/s1. The molecule has 26 heavy (non-hydrogen) atoms. The Labute approximate surface area is 154 Å². The Morgan fingerprint density at radius 1 is 1.12 bits per heavy atom. The summed E-state index contributed by atoms with van der Waals surface area (Å²) in [6.07, 6.45) is 0. The van der Waals surface area contributed by atoms with Gasteiger partial charge in [0.2, 0.25) is 5.91 Å². The molecular weight excluding hydrogens is 329 g/mol. The van der Waals surface area contributed by atoms with Crippen molar-refractivity contribution in [3.8, 4) is 0 Å². The summed E-state index contributed by atoms with van der Waals surface area (Å²) in [5.74, 6) is -0.0811. The molecule has 0 spiro atoms. The minimum Gasteiger partial charge on any atom is -0.348 e. The third-order valence-corrected chi connectivity index (χ3v) is 5.28. The maximum atomic E-state index is 13.1. The molecule has 0 saturated carbocycles. The first-order valence-corrected chi connectivity index (χ1v) is 9.06. The number of hydrogen-bond donors (Lipinski definition) is 2. The van der Waals surface area contributed by atoms with E-state index in [4.69, 9.17) is 5.73 Å². The van der Waals surface area contributed by atoms with Gasteiger partial charge in [-0.2, -0.15) is 0 Å².